The molecule has 0 aliphatic carbocycles. The molecule has 0 rings (SSSR count). The van der Waals surface area contributed by atoms with Gasteiger partial charge in [0.15, 0.2) is 5.96 Å². The second-order valence-electron chi connectivity index (χ2n) is 4.77. The maximum absolute atomic E-state index is 4.54. The Morgan fingerprint density at radius 3 is 2.39 bits per heavy atom. The normalized spacial score (nSPS) is 13.1. The van der Waals surface area contributed by atoms with E-state index in [2.05, 4.69) is 49.6 Å². The van der Waals surface area contributed by atoms with Crippen LogP contribution in [-0.4, -0.2) is 37.1 Å². The van der Waals surface area contributed by atoms with E-state index in [9.17, 15) is 0 Å². The molecule has 0 saturated carbocycles. The molecule has 0 saturated heterocycles. The lowest BCUT2D eigenvalue weighted by Crippen LogP contribution is -2.42. The van der Waals surface area contributed by atoms with Crippen LogP contribution >= 0.6 is 35.7 Å². The van der Waals surface area contributed by atoms with E-state index in [-0.39, 0.29) is 24.0 Å². The van der Waals surface area contributed by atoms with Crippen LogP contribution in [0.3, 0.4) is 0 Å². The van der Waals surface area contributed by atoms with E-state index in [1.807, 2.05) is 11.8 Å². The minimum Gasteiger partial charge on any atom is -0.357 e. The van der Waals surface area contributed by atoms with Gasteiger partial charge in [-0.2, -0.15) is 11.8 Å². The summed E-state index contributed by atoms with van der Waals surface area (Å²) in [6.07, 6.45) is 4.57. The maximum Gasteiger partial charge on any atom is 0.191 e. The van der Waals surface area contributed by atoms with Gasteiger partial charge in [0, 0.05) is 18.3 Å². The molecule has 0 spiro atoms. The number of thioether (sulfide) groups is 1. The highest BCUT2D eigenvalue weighted by Gasteiger charge is 2.05. The zero-order chi connectivity index (χ0) is 13.1. The first-order chi connectivity index (χ1) is 8.10. The summed E-state index contributed by atoms with van der Waals surface area (Å²) in [5.41, 5.74) is 0. The molecule has 3 nitrogen and oxygen atoms in total. The summed E-state index contributed by atoms with van der Waals surface area (Å²) in [7, 11) is 0. The average Bonchev–Trinajstić information content (AvgIpc) is 2.27. The second-order valence-corrected chi connectivity index (χ2v) is 5.76. The molecule has 0 bridgehead atoms. The summed E-state index contributed by atoms with van der Waals surface area (Å²) < 4.78 is 0. The molecule has 0 aromatic heterocycles. The first kappa shape index (κ1) is 20.7. The first-order valence-electron chi connectivity index (χ1n) is 6.63. The van der Waals surface area contributed by atoms with Crippen LogP contribution in [-0.2, 0) is 0 Å². The molecule has 0 radical (unpaired) electrons. The Kier molecular flexibility index (Phi) is 15.8. The summed E-state index contributed by atoms with van der Waals surface area (Å²) in [6, 6.07) is 0.490. The van der Waals surface area contributed by atoms with Crippen molar-refractivity contribution in [2.24, 2.45) is 10.9 Å². The maximum atomic E-state index is 4.54. The van der Waals surface area contributed by atoms with Gasteiger partial charge in [-0.05, 0) is 38.9 Å². The molecule has 1 atom stereocenters. The SMILES string of the molecule is CCNC(=NCCSC)NC(C)CCC(C)C.I. The fourth-order valence-corrected chi connectivity index (χ4v) is 1.73. The molecule has 0 aliphatic rings. The Labute approximate surface area is 134 Å². The summed E-state index contributed by atoms with van der Waals surface area (Å²) >= 11 is 1.83. The Bertz CT molecular complexity index is 210. The number of hydrogen-bond donors (Lipinski definition) is 2. The fraction of sp³-hybridized carbons (Fsp3) is 0.923. The molecule has 0 heterocycles. The van der Waals surface area contributed by atoms with Crippen LogP contribution in [0.15, 0.2) is 4.99 Å². The monoisotopic (exact) mass is 387 g/mol. The van der Waals surface area contributed by atoms with Gasteiger partial charge in [0.2, 0.25) is 0 Å². The van der Waals surface area contributed by atoms with Gasteiger partial charge in [-0.15, -0.1) is 24.0 Å². The first-order valence-corrected chi connectivity index (χ1v) is 8.03. The molecule has 0 amide bonds. The zero-order valence-electron chi connectivity index (χ0n) is 12.5. The summed E-state index contributed by atoms with van der Waals surface area (Å²) in [5, 5.41) is 6.75. The van der Waals surface area contributed by atoms with Gasteiger partial charge in [-0.3, -0.25) is 4.99 Å². The van der Waals surface area contributed by atoms with Crippen molar-refractivity contribution in [3.05, 3.63) is 0 Å². The van der Waals surface area contributed by atoms with Gasteiger partial charge < -0.3 is 10.6 Å². The van der Waals surface area contributed by atoms with E-state index >= 15 is 0 Å². The molecule has 110 valence electrons. The van der Waals surface area contributed by atoms with E-state index < -0.39 is 0 Å². The Balaban J connectivity index is 0. The number of hydrogen-bond acceptors (Lipinski definition) is 2. The van der Waals surface area contributed by atoms with E-state index in [0.29, 0.717) is 6.04 Å². The molecule has 0 aromatic rings. The van der Waals surface area contributed by atoms with Crippen LogP contribution in [0, 0.1) is 5.92 Å². The Morgan fingerprint density at radius 2 is 1.89 bits per heavy atom. The van der Waals surface area contributed by atoms with Crippen molar-refractivity contribution < 1.29 is 0 Å². The van der Waals surface area contributed by atoms with Crippen LogP contribution in [0.25, 0.3) is 0 Å². The van der Waals surface area contributed by atoms with Gasteiger partial charge >= 0.3 is 0 Å². The summed E-state index contributed by atoms with van der Waals surface area (Å²) in [5.74, 6) is 2.81. The minimum absolute atomic E-state index is 0. The largest absolute Gasteiger partial charge is 0.357 e. The topological polar surface area (TPSA) is 36.4 Å². The minimum atomic E-state index is 0. The Morgan fingerprint density at radius 1 is 1.22 bits per heavy atom. The molecular formula is C13H30IN3S. The molecule has 18 heavy (non-hydrogen) atoms. The van der Waals surface area contributed by atoms with Crippen LogP contribution < -0.4 is 10.6 Å². The van der Waals surface area contributed by atoms with Gasteiger partial charge in [0.25, 0.3) is 0 Å². The highest BCUT2D eigenvalue weighted by molar-refractivity contribution is 14.0. The predicted molar refractivity (Wildman–Crippen MR) is 96.4 cm³/mol. The number of nitrogens with zero attached hydrogens (tertiary/aromatic N) is 1. The molecule has 5 heteroatoms. The smallest absolute Gasteiger partial charge is 0.191 e. The predicted octanol–water partition coefficient (Wildman–Crippen LogP) is 3.35. The fourth-order valence-electron chi connectivity index (χ4n) is 1.46. The lowest BCUT2D eigenvalue weighted by Gasteiger charge is -2.18. The van der Waals surface area contributed by atoms with Crippen molar-refractivity contribution in [2.75, 3.05) is 25.1 Å². The van der Waals surface area contributed by atoms with Crippen LogP contribution in [0.2, 0.25) is 0 Å². The molecule has 0 aromatic carbocycles. The van der Waals surface area contributed by atoms with Crippen molar-refractivity contribution in [1.82, 2.24) is 10.6 Å². The number of guanidine groups is 1. The third kappa shape index (κ3) is 12.8. The highest BCUT2D eigenvalue weighted by atomic mass is 127. The number of halogens is 1. The van der Waals surface area contributed by atoms with Gasteiger partial charge in [0.1, 0.15) is 0 Å². The number of rotatable bonds is 8. The Hall–Kier alpha value is 0.350. The van der Waals surface area contributed by atoms with Crippen molar-refractivity contribution in [3.8, 4) is 0 Å². The van der Waals surface area contributed by atoms with Crippen LogP contribution in [0.1, 0.15) is 40.5 Å². The highest BCUT2D eigenvalue weighted by Crippen LogP contribution is 2.06. The van der Waals surface area contributed by atoms with Crippen molar-refractivity contribution in [3.63, 3.8) is 0 Å². The lowest BCUT2D eigenvalue weighted by atomic mass is 10.0. The molecule has 0 fully saturated rings. The van der Waals surface area contributed by atoms with E-state index in [1.54, 1.807) is 0 Å². The standard InChI is InChI=1S/C13H29N3S.HI/c1-6-14-13(15-9-10-17-5)16-12(4)8-7-11(2)3;/h11-12H,6-10H2,1-5H3,(H2,14,15,16);1H. The van der Waals surface area contributed by atoms with Gasteiger partial charge in [-0.25, -0.2) is 0 Å². The molecule has 2 N–H and O–H groups in total. The molecular weight excluding hydrogens is 357 g/mol. The molecule has 1 unspecified atom stereocenters. The zero-order valence-corrected chi connectivity index (χ0v) is 15.6. The number of nitrogens with one attached hydrogen (secondary N) is 2. The van der Waals surface area contributed by atoms with Crippen molar-refractivity contribution in [2.45, 2.75) is 46.6 Å². The summed E-state index contributed by atoms with van der Waals surface area (Å²) in [6.45, 7) is 10.7. The third-order valence-electron chi connectivity index (χ3n) is 2.47. The molecule has 0 aliphatic heterocycles. The second kappa shape index (κ2) is 13.8. The van der Waals surface area contributed by atoms with E-state index in [0.717, 1.165) is 30.7 Å². The average molecular weight is 387 g/mol. The van der Waals surface area contributed by atoms with Gasteiger partial charge in [0.05, 0.1) is 6.54 Å². The quantitative estimate of drug-likeness (QED) is 0.290. The summed E-state index contributed by atoms with van der Waals surface area (Å²) in [4.78, 5) is 4.54. The third-order valence-corrected chi connectivity index (χ3v) is 3.06. The van der Waals surface area contributed by atoms with Gasteiger partial charge in [-0.1, -0.05) is 13.8 Å². The van der Waals surface area contributed by atoms with Crippen molar-refractivity contribution in [1.29, 1.82) is 0 Å². The number of aliphatic imine (C=N–C) groups is 1. The van der Waals surface area contributed by atoms with Crippen LogP contribution in [0.5, 0.6) is 0 Å². The lowest BCUT2D eigenvalue weighted by molar-refractivity contribution is 0.489. The van der Waals surface area contributed by atoms with E-state index in [1.165, 1.54) is 12.8 Å². The van der Waals surface area contributed by atoms with Crippen molar-refractivity contribution >= 4 is 41.7 Å². The van der Waals surface area contributed by atoms with Crippen LogP contribution in [0.4, 0.5) is 0 Å². The van der Waals surface area contributed by atoms with E-state index in [4.69, 9.17) is 0 Å².